The maximum Gasteiger partial charge on any atom is 0.325 e. The van der Waals surface area contributed by atoms with Crippen LogP contribution in [0.4, 0.5) is 0 Å². The number of aryl methyl sites for hydroxylation is 1. The van der Waals surface area contributed by atoms with E-state index in [1.54, 1.807) is 15.6 Å². The molecule has 1 aliphatic rings. The van der Waals surface area contributed by atoms with Crippen LogP contribution in [0.2, 0.25) is 0 Å². The second-order valence-corrected chi connectivity index (χ2v) is 5.88. The first kappa shape index (κ1) is 16.2. The smallest absolute Gasteiger partial charge is 0.325 e. The van der Waals surface area contributed by atoms with Gasteiger partial charge in [0, 0.05) is 57.7 Å². The molecule has 3 rings (SSSR count). The van der Waals surface area contributed by atoms with Crippen molar-refractivity contribution < 1.29 is 14.7 Å². The SMILES string of the molecule is Cn1cc(CN2CCN(C(=O)c3ccn(CC(=O)O)n3)CC2)cn1. The number of aliphatic carboxylic acids is 1. The molecule has 1 aliphatic heterocycles. The van der Waals surface area contributed by atoms with E-state index in [9.17, 15) is 9.59 Å². The summed E-state index contributed by atoms with van der Waals surface area (Å²) in [6.07, 6.45) is 5.36. The second-order valence-electron chi connectivity index (χ2n) is 5.88. The summed E-state index contributed by atoms with van der Waals surface area (Å²) < 4.78 is 3.04. The monoisotopic (exact) mass is 332 g/mol. The van der Waals surface area contributed by atoms with Crippen molar-refractivity contribution in [2.45, 2.75) is 13.1 Å². The molecule has 0 spiro atoms. The third-order valence-electron chi connectivity index (χ3n) is 3.98. The quantitative estimate of drug-likeness (QED) is 0.805. The van der Waals surface area contributed by atoms with Gasteiger partial charge in [-0.15, -0.1) is 0 Å². The molecule has 1 N–H and O–H groups in total. The van der Waals surface area contributed by atoms with Crippen molar-refractivity contribution in [3.05, 3.63) is 35.9 Å². The molecule has 9 nitrogen and oxygen atoms in total. The highest BCUT2D eigenvalue weighted by Gasteiger charge is 2.24. The van der Waals surface area contributed by atoms with Crippen LogP contribution < -0.4 is 0 Å². The Morgan fingerprint density at radius 3 is 2.62 bits per heavy atom. The predicted octanol–water partition coefficient (Wildman–Crippen LogP) is -0.341. The van der Waals surface area contributed by atoms with Gasteiger partial charge in [0.2, 0.25) is 0 Å². The molecular formula is C15H20N6O3. The van der Waals surface area contributed by atoms with E-state index in [0.29, 0.717) is 13.1 Å². The summed E-state index contributed by atoms with van der Waals surface area (Å²) >= 11 is 0. The summed E-state index contributed by atoms with van der Waals surface area (Å²) in [7, 11) is 1.89. The molecule has 3 heterocycles. The highest BCUT2D eigenvalue weighted by atomic mass is 16.4. The Bertz CT molecular complexity index is 729. The van der Waals surface area contributed by atoms with Crippen LogP contribution in [0.1, 0.15) is 16.1 Å². The lowest BCUT2D eigenvalue weighted by Gasteiger charge is -2.34. The molecule has 1 fully saturated rings. The number of hydrogen-bond donors (Lipinski definition) is 1. The number of piperazine rings is 1. The molecule has 128 valence electrons. The van der Waals surface area contributed by atoms with Crippen LogP contribution in [-0.2, 0) is 24.9 Å². The molecule has 2 aromatic rings. The zero-order valence-electron chi connectivity index (χ0n) is 13.5. The predicted molar refractivity (Wildman–Crippen MR) is 84.3 cm³/mol. The van der Waals surface area contributed by atoms with E-state index in [0.717, 1.165) is 25.2 Å². The van der Waals surface area contributed by atoms with Gasteiger partial charge in [0.05, 0.1) is 6.20 Å². The zero-order valence-corrected chi connectivity index (χ0v) is 13.5. The fourth-order valence-electron chi connectivity index (χ4n) is 2.79. The maximum atomic E-state index is 12.4. The Balaban J connectivity index is 1.53. The van der Waals surface area contributed by atoms with Gasteiger partial charge in [-0.05, 0) is 6.07 Å². The van der Waals surface area contributed by atoms with Gasteiger partial charge in [0.25, 0.3) is 5.91 Å². The number of carbonyl (C=O) groups is 2. The van der Waals surface area contributed by atoms with E-state index in [1.165, 1.54) is 10.9 Å². The summed E-state index contributed by atoms with van der Waals surface area (Å²) in [6.45, 7) is 3.41. The molecule has 24 heavy (non-hydrogen) atoms. The molecule has 9 heteroatoms. The van der Waals surface area contributed by atoms with Crippen molar-refractivity contribution in [3.8, 4) is 0 Å². The average molecular weight is 332 g/mol. The molecule has 0 atom stereocenters. The molecule has 0 radical (unpaired) electrons. The van der Waals surface area contributed by atoms with Crippen LogP contribution in [0.5, 0.6) is 0 Å². The van der Waals surface area contributed by atoms with E-state index in [-0.39, 0.29) is 18.1 Å². The molecule has 0 bridgehead atoms. The minimum absolute atomic E-state index is 0.153. The highest BCUT2D eigenvalue weighted by Crippen LogP contribution is 2.10. The first-order valence-electron chi connectivity index (χ1n) is 7.75. The van der Waals surface area contributed by atoms with Crippen LogP contribution in [0.25, 0.3) is 0 Å². The largest absolute Gasteiger partial charge is 0.480 e. The van der Waals surface area contributed by atoms with Crippen molar-refractivity contribution in [3.63, 3.8) is 0 Å². The zero-order chi connectivity index (χ0) is 17.1. The molecule has 1 amide bonds. The van der Waals surface area contributed by atoms with Crippen molar-refractivity contribution in [2.24, 2.45) is 7.05 Å². The molecule has 0 unspecified atom stereocenters. The van der Waals surface area contributed by atoms with Crippen LogP contribution in [-0.4, -0.2) is 72.5 Å². The minimum atomic E-state index is -0.985. The Morgan fingerprint density at radius 1 is 1.25 bits per heavy atom. The van der Waals surface area contributed by atoms with Gasteiger partial charge >= 0.3 is 5.97 Å². The van der Waals surface area contributed by atoms with Crippen LogP contribution in [0.15, 0.2) is 24.7 Å². The Morgan fingerprint density at radius 2 is 2.00 bits per heavy atom. The van der Waals surface area contributed by atoms with Crippen molar-refractivity contribution in [1.29, 1.82) is 0 Å². The standard InChI is InChI=1S/C15H20N6O3/c1-18-9-12(8-16-18)10-19-4-6-20(7-5-19)15(24)13-2-3-21(17-13)11-14(22)23/h2-3,8-9H,4-7,10-11H2,1H3,(H,22,23). The van der Waals surface area contributed by atoms with E-state index in [1.807, 2.05) is 19.4 Å². The summed E-state index contributed by atoms with van der Waals surface area (Å²) in [5.74, 6) is -1.14. The van der Waals surface area contributed by atoms with Gasteiger partial charge in [-0.25, -0.2) is 0 Å². The summed E-state index contributed by atoms with van der Waals surface area (Å²) in [5.41, 5.74) is 1.45. The number of carboxylic acid groups (broad SMARTS) is 1. The van der Waals surface area contributed by atoms with Gasteiger partial charge < -0.3 is 10.0 Å². The second kappa shape index (κ2) is 6.83. The van der Waals surface area contributed by atoms with Gasteiger partial charge in [0.1, 0.15) is 12.2 Å². The first-order valence-corrected chi connectivity index (χ1v) is 7.75. The minimum Gasteiger partial charge on any atom is -0.480 e. The number of amides is 1. The van der Waals surface area contributed by atoms with Crippen LogP contribution in [0.3, 0.4) is 0 Å². The normalized spacial score (nSPS) is 15.6. The van der Waals surface area contributed by atoms with E-state index < -0.39 is 5.97 Å². The highest BCUT2D eigenvalue weighted by molar-refractivity contribution is 5.92. The number of rotatable bonds is 5. The average Bonchev–Trinajstić information content (AvgIpc) is 3.16. The van der Waals surface area contributed by atoms with Crippen LogP contribution in [0, 0.1) is 0 Å². The van der Waals surface area contributed by atoms with E-state index in [4.69, 9.17) is 5.11 Å². The topological polar surface area (TPSA) is 96.5 Å². The third kappa shape index (κ3) is 3.80. The number of carboxylic acids is 1. The first-order chi connectivity index (χ1) is 11.5. The summed E-state index contributed by atoms with van der Waals surface area (Å²) in [4.78, 5) is 27.1. The third-order valence-corrected chi connectivity index (χ3v) is 3.98. The lowest BCUT2D eigenvalue weighted by Crippen LogP contribution is -2.48. The molecule has 2 aromatic heterocycles. The van der Waals surface area contributed by atoms with E-state index in [2.05, 4.69) is 15.1 Å². The lowest BCUT2D eigenvalue weighted by atomic mass is 10.2. The number of carbonyl (C=O) groups excluding carboxylic acids is 1. The van der Waals surface area contributed by atoms with Gasteiger partial charge in [-0.3, -0.25) is 23.9 Å². The molecule has 0 aliphatic carbocycles. The van der Waals surface area contributed by atoms with E-state index >= 15 is 0 Å². The van der Waals surface area contributed by atoms with Crippen LogP contribution >= 0.6 is 0 Å². The fourth-order valence-corrected chi connectivity index (χ4v) is 2.79. The molecule has 0 saturated carbocycles. The number of aromatic nitrogens is 4. The summed E-state index contributed by atoms with van der Waals surface area (Å²) in [5, 5.41) is 16.9. The Labute approximate surface area is 139 Å². The number of hydrogen-bond acceptors (Lipinski definition) is 5. The number of nitrogens with zero attached hydrogens (tertiary/aromatic N) is 6. The van der Waals surface area contributed by atoms with Crippen molar-refractivity contribution in [2.75, 3.05) is 26.2 Å². The maximum absolute atomic E-state index is 12.4. The molecular weight excluding hydrogens is 312 g/mol. The van der Waals surface area contributed by atoms with Gasteiger partial charge in [0.15, 0.2) is 0 Å². The van der Waals surface area contributed by atoms with Crippen molar-refractivity contribution >= 4 is 11.9 Å². The Hall–Kier alpha value is -2.68. The lowest BCUT2D eigenvalue weighted by molar-refractivity contribution is -0.137. The molecule has 1 saturated heterocycles. The molecule has 0 aromatic carbocycles. The fraction of sp³-hybridized carbons (Fsp3) is 0.467. The van der Waals surface area contributed by atoms with Crippen molar-refractivity contribution in [1.82, 2.24) is 29.4 Å². The Kier molecular flexibility index (Phi) is 4.61. The summed E-state index contributed by atoms with van der Waals surface area (Å²) in [6, 6.07) is 1.56. The van der Waals surface area contributed by atoms with Gasteiger partial charge in [-0.1, -0.05) is 0 Å². The van der Waals surface area contributed by atoms with Gasteiger partial charge in [-0.2, -0.15) is 10.2 Å².